The van der Waals surface area contributed by atoms with Crippen LogP contribution in [-0.2, 0) is 9.53 Å². The SMILES string of the molecule is CC(c1cccnc1)N1CCN(C(=O)[C@H]2NCCO[C@@H]2C)CC1. The number of carbonyl (C=O) groups is 1. The number of piperazine rings is 1. The fourth-order valence-corrected chi connectivity index (χ4v) is 3.37. The topological polar surface area (TPSA) is 57.7 Å². The van der Waals surface area contributed by atoms with E-state index in [1.807, 2.05) is 24.1 Å². The number of hydrogen-bond acceptors (Lipinski definition) is 5. The zero-order valence-electron chi connectivity index (χ0n) is 13.9. The van der Waals surface area contributed by atoms with E-state index in [0.717, 1.165) is 32.7 Å². The van der Waals surface area contributed by atoms with Crippen molar-refractivity contribution in [3.63, 3.8) is 0 Å². The summed E-state index contributed by atoms with van der Waals surface area (Å²) in [5, 5.41) is 3.29. The van der Waals surface area contributed by atoms with E-state index in [-0.39, 0.29) is 18.1 Å². The molecule has 2 fully saturated rings. The number of ether oxygens (including phenoxy) is 1. The van der Waals surface area contributed by atoms with Crippen LogP contribution in [-0.4, -0.2) is 72.2 Å². The van der Waals surface area contributed by atoms with E-state index in [9.17, 15) is 4.79 Å². The Morgan fingerprint density at radius 3 is 2.83 bits per heavy atom. The second-order valence-electron chi connectivity index (χ2n) is 6.33. The van der Waals surface area contributed by atoms with Crippen molar-refractivity contribution in [2.75, 3.05) is 39.3 Å². The van der Waals surface area contributed by atoms with Gasteiger partial charge in [0.1, 0.15) is 6.04 Å². The molecular weight excluding hydrogens is 292 g/mol. The van der Waals surface area contributed by atoms with Crippen molar-refractivity contribution in [2.45, 2.75) is 32.0 Å². The van der Waals surface area contributed by atoms with Crippen molar-refractivity contribution in [3.8, 4) is 0 Å². The molecule has 2 aliphatic rings. The van der Waals surface area contributed by atoms with Crippen LogP contribution in [0.25, 0.3) is 0 Å². The molecule has 0 radical (unpaired) electrons. The van der Waals surface area contributed by atoms with Crippen molar-refractivity contribution in [2.24, 2.45) is 0 Å². The largest absolute Gasteiger partial charge is 0.375 e. The third kappa shape index (κ3) is 3.71. The first kappa shape index (κ1) is 16.4. The van der Waals surface area contributed by atoms with Crippen LogP contribution in [0.2, 0.25) is 0 Å². The average molecular weight is 318 g/mol. The summed E-state index contributed by atoms with van der Waals surface area (Å²) in [7, 11) is 0. The summed E-state index contributed by atoms with van der Waals surface area (Å²) in [4.78, 5) is 21.2. The molecule has 6 heteroatoms. The molecule has 1 aromatic rings. The van der Waals surface area contributed by atoms with Gasteiger partial charge in [0.05, 0.1) is 12.7 Å². The van der Waals surface area contributed by atoms with E-state index < -0.39 is 0 Å². The third-order valence-electron chi connectivity index (χ3n) is 4.92. The molecule has 1 N–H and O–H groups in total. The van der Waals surface area contributed by atoms with Gasteiger partial charge in [-0.1, -0.05) is 6.07 Å². The normalized spacial score (nSPS) is 27.7. The summed E-state index contributed by atoms with van der Waals surface area (Å²) < 4.78 is 5.59. The van der Waals surface area contributed by atoms with Crippen LogP contribution in [0.1, 0.15) is 25.5 Å². The van der Waals surface area contributed by atoms with Crippen molar-refractivity contribution < 1.29 is 9.53 Å². The molecule has 6 nitrogen and oxygen atoms in total. The molecule has 0 saturated carbocycles. The van der Waals surface area contributed by atoms with E-state index in [1.54, 1.807) is 6.20 Å². The molecule has 0 aliphatic carbocycles. The van der Waals surface area contributed by atoms with Gasteiger partial charge in [0, 0.05) is 51.2 Å². The zero-order valence-corrected chi connectivity index (χ0v) is 13.9. The second kappa shape index (κ2) is 7.38. The van der Waals surface area contributed by atoms with Crippen molar-refractivity contribution in [1.29, 1.82) is 0 Å². The van der Waals surface area contributed by atoms with Gasteiger partial charge in [0.25, 0.3) is 0 Å². The van der Waals surface area contributed by atoms with Gasteiger partial charge in [-0.15, -0.1) is 0 Å². The Balaban J connectivity index is 1.55. The van der Waals surface area contributed by atoms with Crippen LogP contribution < -0.4 is 5.32 Å². The maximum absolute atomic E-state index is 12.7. The Bertz CT molecular complexity index is 517. The van der Waals surface area contributed by atoms with Gasteiger partial charge in [-0.25, -0.2) is 0 Å². The summed E-state index contributed by atoms with van der Waals surface area (Å²) in [5.41, 5.74) is 1.23. The summed E-state index contributed by atoms with van der Waals surface area (Å²) in [6.45, 7) is 8.93. The lowest BCUT2D eigenvalue weighted by atomic mass is 10.1. The highest BCUT2D eigenvalue weighted by molar-refractivity contribution is 5.82. The molecule has 2 saturated heterocycles. The lowest BCUT2D eigenvalue weighted by Crippen LogP contribution is -2.59. The first-order valence-electron chi connectivity index (χ1n) is 8.44. The zero-order chi connectivity index (χ0) is 16.2. The van der Waals surface area contributed by atoms with Gasteiger partial charge in [-0.2, -0.15) is 0 Å². The highest BCUT2D eigenvalue weighted by Gasteiger charge is 2.33. The highest BCUT2D eigenvalue weighted by atomic mass is 16.5. The van der Waals surface area contributed by atoms with E-state index in [1.165, 1.54) is 5.56 Å². The second-order valence-corrected chi connectivity index (χ2v) is 6.33. The van der Waals surface area contributed by atoms with Crippen LogP contribution >= 0.6 is 0 Å². The number of carbonyl (C=O) groups excluding carboxylic acids is 1. The van der Waals surface area contributed by atoms with Gasteiger partial charge in [-0.3, -0.25) is 14.7 Å². The van der Waals surface area contributed by atoms with Crippen LogP contribution in [0, 0.1) is 0 Å². The Kier molecular flexibility index (Phi) is 5.25. The summed E-state index contributed by atoms with van der Waals surface area (Å²) in [6, 6.07) is 4.21. The molecule has 126 valence electrons. The number of morpholine rings is 1. The molecule has 23 heavy (non-hydrogen) atoms. The Morgan fingerprint density at radius 1 is 1.39 bits per heavy atom. The number of aromatic nitrogens is 1. The minimum Gasteiger partial charge on any atom is -0.375 e. The predicted molar refractivity (Wildman–Crippen MR) is 88.0 cm³/mol. The van der Waals surface area contributed by atoms with Crippen LogP contribution in [0.15, 0.2) is 24.5 Å². The Labute approximate surface area is 137 Å². The quantitative estimate of drug-likeness (QED) is 0.887. The number of nitrogens with one attached hydrogen (secondary N) is 1. The molecule has 3 heterocycles. The van der Waals surface area contributed by atoms with Crippen LogP contribution in [0.4, 0.5) is 0 Å². The molecule has 1 unspecified atom stereocenters. The average Bonchev–Trinajstić information content (AvgIpc) is 2.62. The van der Waals surface area contributed by atoms with Crippen molar-refractivity contribution >= 4 is 5.91 Å². The van der Waals surface area contributed by atoms with E-state index in [4.69, 9.17) is 4.74 Å². The number of nitrogens with zero attached hydrogens (tertiary/aromatic N) is 3. The number of pyridine rings is 1. The third-order valence-corrected chi connectivity index (χ3v) is 4.92. The molecule has 0 aromatic carbocycles. The van der Waals surface area contributed by atoms with Crippen molar-refractivity contribution in [3.05, 3.63) is 30.1 Å². The van der Waals surface area contributed by atoms with Crippen molar-refractivity contribution in [1.82, 2.24) is 20.1 Å². The van der Waals surface area contributed by atoms with Gasteiger partial charge in [0.2, 0.25) is 5.91 Å². The first-order chi connectivity index (χ1) is 11.2. The Hall–Kier alpha value is -1.50. The fourth-order valence-electron chi connectivity index (χ4n) is 3.37. The maximum Gasteiger partial charge on any atom is 0.242 e. The lowest BCUT2D eigenvalue weighted by Gasteiger charge is -2.40. The lowest BCUT2D eigenvalue weighted by molar-refractivity contribution is -0.141. The van der Waals surface area contributed by atoms with E-state index in [2.05, 4.69) is 28.2 Å². The molecule has 0 spiro atoms. The van der Waals surface area contributed by atoms with Gasteiger partial charge >= 0.3 is 0 Å². The summed E-state index contributed by atoms with van der Waals surface area (Å²) in [5.74, 6) is 0.172. The first-order valence-corrected chi connectivity index (χ1v) is 8.44. The number of hydrogen-bond donors (Lipinski definition) is 1. The fraction of sp³-hybridized carbons (Fsp3) is 0.647. The molecule has 0 bridgehead atoms. The standard InChI is InChI=1S/C17H26N4O2/c1-13(15-4-3-5-18-12-15)20-7-9-21(10-8-20)17(22)16-14(2)23-11-6-19-16/h3-5,12-14,16,19H,6-11H2,1-2H3/t13?,14-,16+/m1/s1. The molecule has 2 aliphatic heterocycles. The van der Waals surface area contributed by atoms with Crippen LogP contribution in [0.3, 0.4) is 0 Å². The minimum atomic E-state index is -0.203. The highest BCUT2D eigenvalue weighted by Crippen LogP contribution is 2.21. The molecule has 3 atom stereocenters. The van der Waals surface area contributed by atoms with Gasteiger partial charge in [-0.05, 0) is 25.5 Å². The number of rotatable bonds is 3. The minimum absolute atomic E-state index is 0.0522. The van der Waals surface area contributed by atoms with E-state index in [0.29, 0.717) is 12.6 Å². The van der Waals surface area contributed by atoms with Gasteiger partial charge in [0.15, 0.2) is 0 Å². The Morgan fingerprint density at radius 2 is 2.17 bits per heavy atom. The smallest absolute Gasteiger partial charge is 0.242 e. The monoisotopic (exact) mass is 318 g/mol. The van der Waals surface area contributed by atoms with Crippen LogP contribution in [0.5, 0.6) is 0 Å². The molecule has 3 rings (SSSR count). The number of amides is 1. The van der Waals surface area contributed by atoms with E-state index >= 15 is 0 Å². The van der Waals surface area contributed by atoms with Gasteiger partial charge < -0.3 is 15.0 Å². The molecule has 1 amide bonds. The molecular formula is C17H26N4O2. The maximum atomic E-state index is 12.7. The summed E-state index contributed by atoms with van der Waals surface area (Å²) in [6.07, 6.45) is 3.67. The predicted octanol–water partition coefficient (Wildman–Crippen LogP) is 0.664. The summed E-state index contributed by atoms with van der Waals surface area (Å²) >= 11 is 0. The molecule has 1 aromatic heterocycles.